The fraction of sp³-hybridized carbons (Fsp3) is 0.533. The van der Waals surface area contributed by atoms with Gasteiger partial charge in [0.1, 0.15) is 12.1 Å². The molecule has 0 spiro atoms. The van der Waals surface area contributed by atoms with E-state index in [-0.39, 0.29) is 5.97 Å². The molecule has 1 aromatic carbocycles. The standard InChI is InChI=1S/C15H21NO2/c1-12-7-9-15(16,10-8-12)14(17)18-11-13-5-3-2-4-6-13/h2-6,12H,7-11,16H2,1H3. The van der Waals surface area contributed by atoms with Crippen molar-refractivity contribution in [3.05, 3.63) is 35.9 Å². The summed E-state index contributed by atoms with van der Waals surface area (Å²) >= 11 is 0. The lowest BCUT2D eigenvalue weighted by Gasteiger charge is -2.33. The zero-order valence-electron chi connectivity index (χ0n) is 10.9. The molecule has 0 aromatic heterocycles. The maximum absolute atomic E-state index is 12.1. The van der Waals surface area contributed by atoms with Crippen LogP contribution in [0, 0.1) is 5.92 Å². The van der Waals surface area contributed by atoms with Crippen LogP contribution in [0.3, 0.4) is 0 Å². The van der Waals surface area contributed by atoms with Gasteiger partial charge >= 0.3 is 5.97 Å². The molecular weight excluding hydrogens is 226 g/mol. The first-order valence-corrected chi connectivity index (χ1v) is 6.60. The number of esters is 1. The molecule has 1 saturated carbocycles. The van der Waals surface area contributed by atoms with Gasteiger partial charge in [-0.25, -0.2) is 0 Å². The van der Waals surface area contributed by atoms with Crippen LogP contribution in [0.5, 0.6) is 0 Å². The molecule has 0 aliphatic heterocycles. The van der Waals surface area contributed by atoms with Gasteiger partial charge in [0.2, 0.25) is 0 Å². The molecule has 0 heterocycles. The van der Waals surface area contributed by atoms with Crippen molar-refractivity contribution < 1.29 is 9.53 Å². The molecule has 0 atom stereocenters. The molecule has 3 nitrogen and oxygen atoms in total. The quantitative estimate of drug-likeness (QED) is 0.835. The van der Waals surface area contributed by atoms with Crippen LogP contribution in [-0.2, 0) is 16.1 Å². The van der Waals surface area contributed by atoms with E-state index >= 15 is 0 Å². The Morgan fingerprint density at radius 3 is 2.56 bits per heavy atom. The van der Waals surface area contributed by atoms with E-state index in [1.807, 2.05) is 30.3 Å². The predicted molar refractivity (Wildman–Crippen MR) is 70.8 cm³/mol. The highest BCUT2D eigenvalue weighted by Crippen LogP contribution is 2.31. The summed E-state index contributed by atoms with van der Waals surface area (Å²) in [6, 6.07) is 9.70. The smallest absolute Gasteiger partial charge is 0.326 e. The lowest BCUT2D eigenvalue weighted by molar-refractivity contribution is -0.153. The van der Waals surface area contributed by atoms with Crippen molar-refractivity contribution >= 4 is 5.97 Å². The molecule has 2 rings (SSSR count). The lowest BCUT2D eigenvalue weighted by Crippen LogP contribution is -2.51. The summed E-state index contributed by atoms with van der Waals surface area (Å²) in [5.41, 5.74) is 6.39. The van der Waals surface area contributed by atoms with Gasteiger partial charge in [0.15, 0.2) is 0 Å². The molecule has 3 heteroatoms. The highest BCUT2D eigenvalue weighted by molar-refractivity contribution is 5.80. The van der Waals surface area contributed by atoms with E-state index in [4.69, 9.17) is 10.5 Å². The molecule has 98 valence electrons. The third kappa shape index (κ3) is 3.10. The third-order valence-electron chi connectivity index (χ3n) is 3.79. The third-order valence-corrected chi connectivity index (χ3v) is 3.79. The van der Waals surface area contributed by atoms with Gasteiger partial charge in [-0.05, 0) is 37.2 Å². The Bertz CT molecular complexity index is 394. The number of benzene rings is 1. The zero-order valence-corrected chi connectivity index (χ0v) is 10.9. The summed E-state index contributed by atoms with van der Waals surface area (Å²) in [6.45, 7) is 2.52. The van der Waals surface area contributed by atoms with E-state index < -0.39 is 5.54 Å². The molecule has 1 aliphatic carbocycles. The van der Waals surface area contributed by atoms with Crippen LogP contribution in [-0.4, -0.2) is 11.5 Å². The molecule has 0 radical (unpaired) electrons. The Balaban J connectivity index is 1.88. The number of hydrogen-bond donors (Lipinski definition) is 1. The van der Waals surface area contributed by atoms with Crippen molar-refractivity contribution in [2.24, 2.45) is 11.7 Å². The first kappa shape index (κ1) is 13.1. The van der Waals surface area contributed by atoms with Gasteiger partial charge in [0.25, 0.3) is 0 Å². The summed E-state index contributed by atoms with van der Waals surface area (Å²) in [5.74, 6) is 0.418. The minimum Gasteiger partial charge on any atom is -0.459 e. The SMILES string of the molecule is CC1CCC(N)(C(=O)OCc2ccccc2)CC1. The van der Waals surface area contributed by atoms with Crippen molar-refractivity contribution in [2.45, 2.75) is 44.8 Å². The Morgan fingerprint density at radius 2 is 1.94 bits per heavy atom. The average Bonchev–Trinajstić information content (AvgIpc) is 2.41. The topological polar surface area (TPSA) is 52.3 Å². The van der Waals surface area contributed by atoms with Crippen molar-refractivity contribution in [1.29, 1.82) is 0 Å². The van der Waals surface area contributed by atoms with Gasteiger partial charge in [0, 0.05) is 0 Å². The Labute approximate surface area is 108 Å². The van der Waals surface area contributed by atoms with Crippen molar-refractivity contribution in [3.8, 4) is 0 Å². The number of hydrogen-bond acceptors (Lipinski definition) is 3. The first-order valence-electron chi connectivity index (χ1n) is 6.60. The molecule has 0 amide bonds. The Morgan fingerprint density at radius 1 is 1.33 bits per heavy atom. The minimum absolute atomic E-state index is 0.252. The van der Waals surface area contributed by atoms with Crippen LogP contribution < -0.4 is 5.73 Å². The maximum atomic E-state index is 12.1. The fourth-order valence-corrected chi connectivity index (χ4v) is 2.35. The van der Waals surface area contributed by atoms with Crippen LogP contribution in [0.15, 0.2) is 30.3 Å². The van der Waals surface area contributed by atoms with E-state index in [0.717, 1.165) is 31.2 Å². The molecule has 1 aromatic rings. The van der Waals surface area contributed by atoms with E-state index in [1.165, 1.54) is 0 Å². The summed E-state index contributed by atoms with van der Waals surface area (Å²) < 4.78 is 5.34. The number of carbonyl (C=O) groups excluding carboxylic acids is 1. The lowest BCUT2D eigenvalue weighted by atomic mass is 9.78. The molecule has 18 heavy (non-hydrogen) atoms. The number of nitrogens with two attached hydrogens (primary N) is 1. The van der Waals surface area contributed by atoms with Crippen LogP contribution >= 0.6 is 0 Å². The van der Waals surface area contributed by atoms with Crippen LogP contribution in [0.2, 0.25) is 0 Å². The summed E-state index contributed by atoms with van der Waals surface area (Å²) in [4.78, 5) is 12.1. The van der Waals surface area contributed by atoms with E-state index in [1.54, 1.807) is 0 Å². The molecule has 1 aliphatic rings. The molecular formula is C15H21NO2. The predicted octanol–water partition coefficient (Wildman–Crippen LogP) is 2.64. The minimum atomic E-state index is -0.763. The van der Waals surface area contributed by atoms with Crippen LogP contribution in [0.25, 0.3) is 0 Å². The summed E-state index contributed by atoms with van der Waals surface area (Å²) in [5, 5.41) is 0. The molecule has 2 N–H and O–H groups in total. The largest absolute Gasteiger partial charge is 0.459 e. The van der Waals surface area contributed by atoms with Crippen LogP contribution in [0.4, 0.5) is 0 Å². The molecule has 0 saturated heterocycles. The zero-order chi connectivity index (χ0) is 13.0. The van der Waals surface area contributed by atoms with Crippen molar-refractivity contribution in [3.63, 3.8) is 0 Å². The summed E-state index contributed by atoms with van der Waals surface area (Å²) in [6.07, 6.45) is 3.50. The van der Waals surface area contributed by atoms with E-state index in [9.17, 15) is 4.79 Å². The second-order valence-corrected chi connectivity index (χ2v) is 5.40. The average molecular weight is 247 g/mol. The Hall–Kier alpha value is -1.35. The second kappa shape index (κ2) is 5.53. The number of carbonyl (C=O) groups is 1. The number of rotatable bonds is 3. The fourth-order valence-electron chi connectivity index (χ4n) is 2.35. The Kier molecular flexibility index (Phi) is 4.02. The maximum Gasteiger partial charge on any atom is 0.326 e. The molecule has 1 fully saturated rings. The first-order chi connectivity index (χ1) is 8.60. The van der Waals surface area contributed by atoms with Gasteiger partial charge in [-0.3, -0.25) is 4.79 Å². The normalized spacial score (nSPS) is 27.8. The second-order valence-electron chi connectivity index (χ2n) is 5.40. The van der Waals surface area contributed by atoms with Crippen molar-refractivity contribution in [2.75, 3.05) is 0 Å². The van der Waals surface area contributed by atoms with E-state index in [2.05, 4.69) is 6.92 Å². The van der Waals surface area contributed by atoms with Crippen molar-refractivity contribution in [1.82, 2.24) is 0 Å². The molecule has 0 bridgehead atoms. The van der Waals surface area contributed by atoms with Gasteiger partial charge in [-0.1, -0.05) is 37.3 Å². The highest BCUT2D eigenvalue weighted by Gasteiger charge is 2.38. The van der Waals surface area contributed by atoms with Gasteiger partial charge in [-0.15, -0.1) is 0 Å². The van der Waals surface area contributed by atoms with Gasteiger partial charge in [-0.2, -0.15) is 0 Å². The van der Waals surface area contributed by atoms with E-state index in [0.29, 0.717) is 12.5 Å². The van der Waals surface area contributed by atoms with Crippen LogP contribution in [0.1, 0.15) is 38.2 Å². The van der Waals surface area contributed by atoms with Gasteiger partial charge < -0.3 is 10.5 Å². The number of ether oxygens (including phenoxy) is 1. The van der Waals surface area contributed by atoms with Gasteiger partial charge in [0.05, 0.1) is 0 Å². The monoisotopic (exact) mass is 247 g/mol. The highest BCUT2D eigenvalue weighted by atomic mass is 16.5. The summed E-state index contributed by atoms with van der Waals surface area (Å²) in [7, 11) is 0. The molecule has 0 unspecified atom stereocenters.